The van der Waals surface area contributed by atoms with Crippen molar-refractivity contribution in [3.05, 3.63) is 60.2 Å². The van der Waals surface area contributed by atoms with Crippen LogP contribution in [0.4, 0.5) is 25.0 Å². The number of hydroxylamine groups is 2. The predicted octanol–water partition coefficient (Wildman–Crippen LogP) is 3.39. The van der Waals surface area contributed by atoms with Gasteiger partial charge >= 0.3 is 6.03 Å². The Labute approximate surface area is 143 Å². The molecule has 0 fully saturated rings. The van der Waals surface area contributed by atoms with Gasteiger partial charge in [0, 0.05) is 11.4 Å². The van der Waals surface area contributed by atoms with E-state index >= 15 is 0 Å². The Morgan fingerprint density at radius 2 is 1.36 bits per heavy atom. The van der Waals surface area contributed by atoms with Crippen LogP contribution in [0.25, 0.3) is 0 Å². The van der Waals surface area contributed by atoms with Gasteiger partial charge in [0.05, 0.1) is 7.11 Å². The van der Waals surface area contributed by atoms with Crippen molar-refractivity contribution in [1.29, 1.82) is 0 Å². The Hall–Kier alpha value is -3.00. The molecular formula is C17H17F2N3O3. The Morgan fingerprint density at radius 3 is 1.80 bits per heavy atom. The third-order valence-electron chi connectivity index (χ3n) is 3.34. The molecule has 2 aromatic carbocycles. The van der Waals surface area contributed by atoms with Gasteiger partial charge in [0.2, 0.25) is 5.91 Å². The smallest absolute Gasteiger partial charge is 0.324 e. The fourth-order valence-corrected chi connectivity index (χ4v) is 2.02. The molecular weight excluding hydrogens is 332 g/mol. The summed E-state index contributed by atoms with van der Waals surface area (Å²) in [5.41, 5.74) is 0.729. The fraction of sp³-hybridized carbons (Fsp3) is 0.176. The number of hydrogen-bond donors (Lipinski definition) is 2. The third-order valence-corrected chi connectivity index (χ3v) is 3.34. The Kier molecular flexibility index (Phi) is 6.02. The lowest BCUT2D eigenvalue weighted by Crippen LogP contribution is -2.46. The number of rotatable bonds is 5. The highest BCUT2D eigenvalue weighted by Crippen LogP contribution is 2.13. The SMILES string of the molecule is CON(C(=O)Nc1ccc(F)cc1)C(C)C(=O)Nc1ccc(F)cc1. The second-order valence-corrected chi connectivity index (χ2v) is 5.12. The van der Waals surface area contributed by atoms with Crippen molar-refractivity contribution < 1.29 is 23.2 Å². The van der Waals surface area contributed by atoms with Gasteiger partial charge in [-0.3, -0.25) is 9.63 Å². The lowest BCUT2D eigenvalue weighted by Gasteiger charge is -2.25. The largest absolute Gasteiger partial charge is 0.346 e. The van der Waals surface area contributed by atoms with Crippen molar-refractivity contribution in [2.45, 2.75) is 13.0 Å². The maximum Gasteiger partial charge on any atom is 0.346 e. The summed E-state index contributed by atoms with van der Waals surface area (Å²) in [5.74, 6) is -1.39. The average Bonchev–Trinajstić information content (AvgIpc) is 2.59. The molecule has 3 amide bonds. The molecule has 1 unspecified atom stereocenters. The van der Waals surface area contributed by atoms with Crippen LogP contribution >= 0.6 is 0 Å². The quantitative estimate of drug-likeness (QED) is 0.813. The van der Waals surface area contributed by atoms with Crippen molar-refractivity contribution in [3.63, 3.8) is 0 Å². The van der Waals surface area contributed by atoms with Crippen LogP contribution in [0.1, 0.15) is 6.92 Å². The maximum absolute atomic E-state index is 12.9. The van der Waals surface area contributed by atoms with Crippen LogP contribution in [0.3, 0.4) is 0 Å². The number of nitrogens with zero attached hydrogens (tertiary/aromatic N) is 1. The van der Waals surface area contributed by atoms with E-state index in [1.54, 1.807) is 0 Å². The molecule has 8 heteroatoms. The maximum atomic E-state index is 12.9. The number of benzene rings is 2. The van der Waals surface area contributed by atoms with Crippen molar-refractivity contribution >= 4 is 23.3 Å². The number of anilines is 2. The van der Waals surface area contributed by atoms with Crippen LogP contribution < -0.4 is 10.6 Å². The zero-order valence-electron chi connectivity index (χ0n) is 13.6. The molecule has 25 heavy (non-hydrogen) atoms. The first-order valence-corrected chi connectivity index (χ1v) is 7.37. The standard InChI is InChI=1S/C17H17F2N3O3/c1-11(16(23)20-14-7-3-12(18)4-8-14)22(25-2)17(24)21-15-9-5-13(19)6-10-15/h3-11H,1-2H3,(H,20,23)(H,21,24). The molecule has 6 nitrogen and oxygen atoms in total. The van der Waals surface area contributed by atoms with E-state index in [0.717, 1.165) is 5.06 Å². The molecule has 0 aromatic heterocycles. The lowest BCUT2D eigenvalue weighted by atomic mass is 10.2. The van der Waals surface area contributed by atoms with Gasteiger partial charge in [0.1, 0.15) is 17.7 Å². The third kappa shape index (κ3) is 4.98. The Bertz CT molecular complexity index is 736. The zero-order chi connectivity index (χ0) is 18.4. The van der Waals surface area contributed by atoms with Gasteiger partial charge in [-0.1, -0.05) is 0 Å². The summed E-state index contributed by atoms with van der Waals surface area (Å²) in [5, 5.41) is 5.88. The summed E-state index contributed by atoms with van der Waals surface area (Å²) < 4.78 is 25.8. The molecule has 2 rings (SSSR count). The van der Waals surface area contributed by atoms with Crippen LogP contribution in [-0.4, -0.2) is 30.2 Å². The van der Waals surface area contributed by atoms with Gasteiger partial charge in [-0.2, -0.15) is 5.06 Å². The van der Waals surface area contributed by atoms with Gasteiger partial charge in [-0.05, 0) is 55.5 Å². The van der Waals surface area contributed by atoms with Crippen LogP contribution in [0.2, 0.25) is 0 Å². The number of carbonyl (C=O) groups is 2. The minimum atomic E-state index is -0.976. The highest BCUT2D eigenvalue weighted by Gasteiger charge is 2.26. The molecule has 0 aliphatic heterocycles. The summed E-state index contributed by atoms with van der Waals surface area (Å²) in [6.45, 7) is 1.46. The van der Waals surface area contributed by atoms with Crippen molar-refractivity contribution in [1.82, 2.24) is 5.06 Å². The summed E-state index contributed by atoms with van der Waals surface area (Å²) in [7, 11) is 1.24. The van der Waals surface area contributed by atoms with Gasteiger partial charge in [0.25, 0.3) is 0 Å². The molecule has 0 aliphatic rings. The van der Waals surface area contributed by atoms with Gasteiger partial charge in [-0.25, -0.2) is 13.6 Å². The number of hydrogen-bond acceptors (Lipinski definition) is 3. The Morgan fingerprint density at radius 1 is 0.920 bits per heavy atom. The van der Waals surface area contributed by atoms with E-state index in [9.17, 15) is 18.4 Å². The minimum Gasteiger partial charge on any atom is -0.324 e. The molecule has 0 bridgehead atoms. The second-order valence-electron chi connectivity index (χ2n) is 5.12. The lowest BCUT2D eigenvalue weighted by molar-refractivity contribution is -0.141. The van der Waals surface area contributed by atoms with E-state index < -0.39 is 29.6 Å². The molecule has 2 aromatic rings. The van der Waals surface area contributed by atoms with Crippen molar-refractivity contribution in [2.24, 2.45) is 0 Å². The Balaban J connectivity index is 2.01. The van der Waals surface area contributed by atoms with E-state index in [1.165, 1.54) is 62.6 Å². The molecule has 0 heterocycles. The molecule has 0 radical (unpaired) electrons. The predicted molar refractivity (Wildman–Crippen MR) is 88.8 cm³/mol. The number of urea groups is 1. The molecule has 0 aliphatic carbocycles. The summed E-state index contributed by atoms with van der Waals surface area (Å²) in [4.78, 5) is 29.5. The normalized spacial score (nSPS) is 11.5. The van der Waals surface area contributed by atoms with E-state index in [-0.39, 0.29) is 0 Å². The topological polar surface area (TPSA) is 70.7 Å². The monoisotopic (exact) mass is 349 g/mol. The van der Waals surface area contributed by atoms with E-state index in [2.05, 4.69) is 10.6 Å². The second kappa shape index (κ2) is 8.20. The molecule has 0 spiro atoms. The van der Waals surface area contributed by atoms with E-state index in [1.807, 2.05) is 0 Å². The number of amides is 3. The summed E-state index contributed by atoms with van der Waals surface area (Å²) in [6, 6.07) is 8.67. The number of nitrogens with one attached hydrogen (secondary N) is 2. The highest BCUT2D eigenvalue weighted by atomic mass is 19.1. The van der Waals surface area contributed by atoms with Crippen molar-refractivity contribution in [2.75, 3.05) is 17.7 Å². The molecule has 0 saturated carbocycles. The van der Waals surface area contributed by atoms with Gasteiger partial charge < -0.3 is 10.6 Å². The minimum absolute atomic E-state index is 0.347. The van der Waals surface area contributed by atoms with Crippen LogP contribution in [0.15, 0.2) is 48.5 Å². The van der Waals surface area contributed by atoms with Gasteiger partial charge in [-0.15, -0.1) is 0 Å². The highest BCUT2D eigenvalue weighted by molar-refractivity contribution is 5.98. The molecule has 0 saturated heterocycles. The van der Waals surface area contributed by atoms with Crippen molar-refractivity contribution in [3.8, 4) is 0 Å². The first-order chi connectivity index (χ1) is 11.9. The first-order valence-electron chi connectivity index (χ1n) is 7.37. The van der Waals surface area contributed by atoms with Gasteiger partial charge in [0.15, 0.2) is 0 Å². The van der Waals surface area contributed by atoms with Crippen LogP contribution in [0, 0.1) is 11.6 Å². The number of carbonyl (C=O) groups excluding carboxylic acids is 2. The van der Waals surface area contributed by atoms with E-state index in [0.29, 0.717) is 11.4 Å². The molecule has 2 N–H and O–H groups in total. The summed E-state index contributed by atoms with van der Waals surface area (Å²) in [6.07, 6.45) is 0. The van der Waals surface area contributed by atoms with Crippen LogP contribution in [-0.2, 0) is 9.63 Å². The fourth-order valence-electron chi connectivity index (χ4n) is 2.02. The average molecular weight is 349 g/mol. The first kappa shape index (κ1) is 18.3. The molecule has 132 valence electrons. The zero-order valence-corrected chi connectivity index (χ0v) is 13.6. The van der Waals surface area contributed by atoms with Crippen LogP contribution in [0.5, 0.6) is 0 Å². The molecule has 1 atom stereocenters. The number of halogens is 2. The summed E-state index contributed by atoms with van der Waals surface area (Å²) >= 11 is 0. The van der Waals surface area contributed by atoms with E-state index in [4.69, 9.17) is 4.84 Å².